The van der Waals surface area contributed by atoms with Crippen molar-refractivity contribution in [3.05, 3.63) is 29.3 Å². The molecule has 3 aliphatic rings. The monoisotopic (exact) mass is 314 g/mol. The maximum Gasteiger partial charge on any atom is 0.161 e. The van der Waals surface area contributed by atoms with Gasteiger partial charge in [-0.15, -0.1) is 6.42 Å². The van der Waals surface area contributed by atoms with Crippen molar-refractivity contribution >= 4 is 0 Å². The van der Waals surface area contributed by atoms with Crippen molar-refractivity contribution in [1.82, 2.24) is 0 Å². The Kier molecular flexibility index (Phi) is 3.09. The molecule has 0 saturated heterocycles. The minimum atomic E-state index is -1.63. The zero-order valence-corrected chi connectivity index (χ0v) is 13.4. The highest BCUT2D eigenvalue weighted by Crippen LogP contribution is 2.64. The molecule has 0 unspecified atom stereocenters. The van der Waals surface area contributed by atoms with Crippen LogP contribution in [-0.4, -0.2) is 22.0 Å². The Morgan fingerprint density at radius 1 is 1.35 bits per heavy atom. The Bertz CT molecular complexity index is 693. The van der Waals surface area contributed by atoms with Crippen LogP contribution in [0.5, 0.6) is 5.75 Å². The van der Waals surface area contributed by atoms with E-state index in [1.165, 1.54) is 11.1 Å². The highest BCUT2D eigenvalue weighted by Gasteiger charge is 2.65. The summed E-state index contributed by atoms with van der Waals surface area (Å²) < 4.78 is 14.6. The second-order valence-electron chi connectivity index (χ2n) is 7.87. The number of rotatable bonds is 0. The third kappa shape index (κ3) is 1.79. The van der Waals surface area contributed by atoms with Crippen molar-refractivity contribution in [2.24, 2.45) is 17.3 Å². The summed E-state index contributed by atoms with van der Waals surface area (Å²) in [7, 11) is 0. The van der Waals surface area contributed by atoms with Gasteiger partial charge in [0, 0.05) is 5.41 Å². The summed E-state index contributed by atoms with van der Waals surface area (Å²) in [6.07, 6.45) is 8.14. The van der Waals surface area contributed by atoms with Gasteiger partial charge in [-0.05, 0) is 73.1 Å². The Hall–Kier alpha value is -1.53. The molecule has 0 bridgehead atoms. The number of alkyl halides is 1. The molecule has 23 heavy (non-hydrogen) atoms. The summed E-state index contributed by atoms with van der Waals surface area (Å²) in [4.78, 5) is 0. The number of fused-ring (bicyclic) bond motifs is 5. The van der Waals surface area contributed by atoms with E-state index in [2.05, 4.69) is 5.92 Å². The number of aryl methyl sites for hydroxylation is 1. The normalized spacial score (nSPS) is 44.8. The molecule has 6 atom stereocenters. The first-order valence-corrected chi connectivity index (χ1v) is 8.56. The molecule has 2 N–H and O–H groups in total. The first-order valence-electron chi connectivity index (χ1n) is 8.56. The maximum atomic E-state index is 14.6. The van der Waals surface area contributed by atoms with E-state index in [1.807, 2.05) is 19.1 Å². The van der Waals surface area contributed by atoms with Crippen LogP contribution in [0.4, 0.5) is 4.39 Å². The lowest BCUT2D eigenvalue weighted by molar-refractivity contribution is -0.0846. The molecule has 0 aromatic heterocycles. The number of hydrogen-bond acceptors (Lipinski definition) is 2. The van der Waals surface area contributed by atoms with Crippen molar-refractivity contribution in [1.29, 1.82) is 0 Å². The number of phenolic OH excluding ortho intramolecular Hbond substituents is 1. The molecule has 0 amide bonds. The maximum absolute atomic E-state index is 14.6. The molecular formula is C20H23FO2. The molecule has 0 heterocycles. The van der Waals surface area contributed by atoms with E-state index in [-0.39, 0.29) is 5.92 Å². The van der Waals surface area contributed by atoms with Gasteiger partial charge in [-0.1, -0.05) is 18.9 Å². The number of aromatic hydroxyl groups is 1. The minimum Gasteiger partial charge on any atom is -0.508 e. The van der Waals surface area contributed by atoms with Gasteiger partial charge in [-0.25, -0.2) is 4.39 Å². The predicted octanol–water partition coefficient (Wildman–Crippen LogP) is 3.56. The molecule has 1 aromatic rings. The van der Waals surface area contributed by atoms with Gasteiger partial charge < -0.3 is 10.2 Å². The topological polar surface area (TPSA) is 40.5 Å². The summed E-state index contributed by atoms with van der Waals surface area (Å²) in [5.41, 5.74) is 0.360. The predicted molar refractivity (Wildman–Crippen MR) is 86.8 cm³/mol. The highest BCUT2D eigenvalue weighted by molar-refractivity contribution is 5.41. The van der Waals surface area contributed by atoms with Gasteiger partial charge in [-0.3, -0.25) is 0 Å². The largest absolute Gasteiger partial charge is 0.508 e. The Morgan fingerprint density at radius 2 is 2.13 bits per heavy atom. The lowest BCUT2D eigenvalue weighted by Crippen LogP contribution is -2.52. The van der Waals surface area contributed by atoms with Gasteiger partial charge in [0.15, 0.2) is 5.60 Å². The van der Waals surface area contributed by atoms with E-state index < -0.39 is 17.2 Å². The first kappa shape index (κ1) is 15.0. The Labute approximate surface area is 136 Å². The number of benzene rings is 1. The quantitative estimate of drug-likeness (QED) is 0.719. The summed E-state index contributed by atoms with van der Waals surface area (Å²) >= 11 is 0. The van der Waals surface area contributed by atoms with Gasteiger partial charge in [0.05, 0.1) is 0 Å². The fourth-order valence-corrected chi connectivity index (χ4v) is 5.80. The van der Waals surface area contributed by atoms with Gasteiger partial charge in [0.25, 0.3) is 0 Å². The van der Waals surface area contributed by atoms with Crippen molar-refractivity contribution in [3.8, 4) is 18.1 Å². The molecule has 0 spiro atoms. The van der Waals surface area contributed by atoms with Gasteiger partial charge in [0.1, 0.15) is 11.9 Å². The zero-order valence-electron chi connectivity index (χ0n) is 13.4. The SMILES string of the molecule is C#C[C@]1(O)[C@@H](F)C[C@H]2[C@@H]3CCc4cc(O)ccc4[C@H]3CC[C@@]21C. The average molecular weight is 314 g/mol. The van der Waals surface area contributed by atoms with Crippen LogP contribution in [0.15, 0.2) is 18.2 Å². The fraction of sp³-hybridized carbons (Fsp3) is 0.600. The van der Waals surface area contributed by atoms with Crippen LogP contribution in [0.1, 0.15) is 49.7 Å². The minimum absolute atomic E-state index is 0.124. The third-order valence-corrected chi connectivity index (χ3v) is 7.10. The fourth-order valence-electron chi connectivity index (χ4n) is 5.80. The molecular weight excluding hydrogens is 291 g/mol. The Morgan fingerprint density at radius 3 is 2.87 bits per heavy atom. The van der Waals surface area contributed by atoms with Crippen LogP contribution >= 0.6 is 0 Å². The van der Waals surface area contributed by atoms with E-state index in [4.69, 9.17) is 6.42 Å². The lowest BCUT2D eigenvalue weighted by atomic mass is 9.53. The molecule has 2 saturated carbocycles. The summed E-state index contributed by atoms with van der Waals surface area (Å²) in [6, 6.07) is 5.64. The molecule has 1 aromatic carbocycles. The second-order valence-corrected chi connectivity index (χ2v) is 7.87. The van der Waals surface area contributed by atoms with E-state index in [0.29, 0.717) is 24.0 Å². The summed E-state index contributed by atoms with van der Waals surface area (Å²) in [5, 5.41) is 20.5. The number of terminal acetylenes is 1. The van der Waals surface area contributed by atoms with Gasteiger partial charge >= 0.3 is 0 Å². The number of hydrogen-bond donors (Lipinski definition) is 2. The molecule has 122 valence electrons. The third-order valence-electron chi connectivity index (χ3n) is 7.10. The van der Waals surface area contributed by atoms with E-state index >= 15 is 0 Å². The van der Waals surface area contributed by atoms with Crippen LogP contribution in [0.25, 0.3) is 0 Å². The molecule has 0 radical (unpaired) electrons. The van der Waals surface area contributed by atoms with Crippen LogP contribution in [0, 0.1) is 29.6 Å². The highest BCUT2D eigenvalue weighted by atomic mass is 19.1. The van der Waals surface area contributed by atoms with Crippen molar-refractivity contribution in [2.75, 3.05) is 0 Å². The van der Waals surface area contributed by atoms with Gasteiger partial charge in [0.2, 0.25) is 0 Å². The van der Waals surface area contributed by atoms with Crippen molar-refractivity contribution in [3.63, 3.8) is 0 Å². The van der Waals surface area contributed by atoms with E-state index in [9.17, 15) is 14.6 Å². The molecule has 2 fully saturated rings. The van der Waals surface area contributed by atoms with Crippen LogP contribution in [0.3, 0.4) is 0 Å². The second kappa shape index (κ2) is 4.74. The number of halogens is 1. The molecule has 2 nitrogen and oxygen atoms in total. The summed E-state index contributed by atoms with van der Waals surface area (Å²) in [5.74, 6) is 3.60. The van der Waals surface area contributed by atoms with E-state index in [1.54, 1.807) is 6.07 Å². The number of aliphatic hydroxyl groups is 1. The van der Waals surface area contributed by atoms with Gasteiger partial charge in [-0.2, -0.15) is 0 Å². The molecule has 0 aliphatic heterocycles. The lowest BCUT2D eigenvalue weighted by Gasteiger charge is -2.51. The summed E-state index contributed by atoms with van der Waals surface area (Å²) in [6.45, 7) is 1.99. The van der Waals surface area contributed by atoms with Crippen molar-refractivity contribution < 1.29 is 14.6 Å². The molecule has 3 aliphatic carbocycles. The van der Waals surface area contributed by atoms with E-state index in [0.717, 1.165) is 25.7 Å². The van der Waals surface area contributed by atoms with Crippen LogP contribution < -0.4 is 0 Å². The Balaban J connectivity index is 1.74. The van der Waals surface area contributed by atoms with Crippen LogP contribution in [0.2, 0.25) is 0 Å². The average Bonchev–Trinajstić information content (AvgIpc) is 2.75. The zero-order chi connectivity index (χ0) is 16.4. The number of phenols is 1. The van der Waals surface area contributed by atoms with Crippen molar-refractivity contribution in [2.45, 2.75) is 56.7 Å². The molecule has 4 rings (SSSR count). The first-order chi connectivity index (χ1) is 10.9. The molecule has 3 heteroatoms. The van der Waals surface area contributed by atoms with Crippen LogP contribution in [-0.2, 0) is 6.42 Å². The smallest absolute Gasteiger partial charge is 0.161 e. The standard InChI is InChI=1S/C20H23FO2/c1-3-20(23)18(21)11-17-16-6-4-12-10-13(22)5-7-14(12)15(16)8-9-19(17,20)2/h1,5,7,10,15-18,22-23H,4,6,8-9,11H2,2H3/t15-,16-,17+,18+,19+,20+/m1/s1.